The molecule has 0 amide bonds. The van der Waals surface area contributed by atoms with Gasteiger partial charge in [-0.05, 0) is 71.5 Å². The van der Waals surface area contributed by atoms with Crippen molar-refractivity contribution in [3.8, 4) is 16.9 Å². The molecule has 0 bridgehead atoms. The second-order valence-corrected chi connectivity index (χ2v) is 12.8. The highest BCUT2D eigenvalue weighted by Gasteiger charge is 2.39. The smallest absolute Gasteiger partial charge is 0.496 e. The first-order valence-electron chi connectivity index (χ1n) is 15.0. The maximum Gasteiger partial charge on any atom is 0.509 e. The number of carbonyl (C=O) groups is 1. The molecule has 3 rings (SSSR count). The summed E-state index contributed by atoms with van der Waals surface area (Å²) in [4.78, 5) is 30.1. The summed E-state index contributed by atoms with van der Waals surface area (Å²) in [6, 6.07) is 3.87. The molecule has 9 nitrogen and oxygen atoms in total. The minimum Gasteiger partial charge on any atom is -0.496 e. The summed E-state index contributed by atoms with van der Waals surface area (Å²) in [6.07, 6.45) is -19.2. The van der Waals surface area contributed by atoms with Crippen LogP contribution in [0.2, 0.25) is 0 Å². The highest BCUT2D eigenvalue weighted by molar-refractivity contribution is 7.46. The molecule has 20 heteroatoms. The third kappa shape index (κ3) is 11.6. The monoisotopic (exact) mass is 779 g/mol. The van der Waals surface area contributed by atoms with E-state index in [0.29, 0.717) is 0 Å². The number of hydrogen-bond donors (Lipinski definition) is 3. The number of phosphoric acid groups is 1. The number of phosphoric ester groups is 1. The van der Waals surface area contributed by atoms with Crippen LogP contribution in [0.15, 0.2) is 48.5 Å². The molecule has 0 spiro atoms. The molecule has 3 N–H and O–H groups in total. The van der Waals surface area contributed by atoms with Crippen LogP contribution in [0, 0.1) is 5.82 Å². The third-order valence-corrected chi connectivity index (χ3v) is 7.98. The van der Waals surface area contributed by atoms with Gasteiger partial charge in [-0.15, -0.1) is 0 Å². The first-order chi connectivity index (χ1) is 23.8. The van der Waals surface area contributed by atoms with Crippen molar-refractivity contribution < 1.29 is 81.8 Å². The van der Waals surface area contributed by atoms with Crippen molar-refractivity contribution in [1.82, 2.24) is 5.32 Å². The standard InChI is InChI=1S/C32H32F10NO8P/c1-16(2)24-13-25(27(48-4)14-26(24)33)23-6-5-20(30(34,35)36)11-19(23)15-43-17(3)28(51-29(44)49-7-8-50-52(45,46)47)18-9-21(31(37,38)39)12-22(10-18)32(40,41)42/h5-6,9-14,16-17,28,43H,7-8,15H2,1-4H3,(H2,45,46,47)/t17-,28-/m0/s1. The highest BCUT2D eigenvalue weighted by atomic mass is 31.2. The van der Waals surface area contributed by atoms with Gasteiger partial charge in [-0.1, -0.05) is 19.9 Å². The minimum atomic E-state index is -5.31. The Balaban J connectivity index is 2.11. The lowest BCUT2D eigenvalue weighted by Gasteiger charge is -2.27. The molecular weight excluding hydrogens is 747 g/mol. The van der Waals surface area contributed by atoms with E-state index in [4.69, 9.17) is 19.3 Å². The van der Waals surface area contributed by atoms with E-state index in [9.17, 15) is 53.3 Å². The average molecular weight is 780 g/mol. The maximum absolute atomic E-state index is 14.8. The van der Waals surface area contributed by atoms with Crippen molar-refractivity contribution >= 4 is 14.0 Å². The van der Waals surface area contributed by atoms with Crippen LogP contribution in [0.25, 0.3) is 11.1 Å². The van der Waals surface area contributed by atoms with Crippen LogP contribution in [0.1, 0.15) is 66.2 Å². The highest BCUT2D eigenvalue weighted by Crippen LogP contribution is 2.41. The van der Waals surface area contributed by atoms with Crippen molar-refractivity contribution in [3.05, 3.63) is 87.7 Å². The van der Waals surface area contributed by atoms with Gasteiger partial charge in [-0.3, -0.25) is 4.52 Å². The molecule has 0 radical (unpaired) electrons. The Morgan fingerprint density at radius 1 is 0.808 bits per heavy atom. The molecule has 288 valence electrons. The molecule has 2 atom stereocenters. The van der Waals surface area contributed by atoms with Gasteiger partial charge >= 0.3 is 32.5 Å². The fourth-order valence-electron chi connectivity index (χ4n) is 4.97. The molecule has 0 aliphatic carbocycles. The molecule has 0 saturated heterocycles. The lowest BCUT2D eigenvalue weighted by Crippen LogP contribution is -2.35. The number of hydrogen-bond acceptors (Lipinski definition) is 7. The van der Waals surface area contributed by atoms with Gasteiger partial charge in [0.25, 0.3) is 0 Å². The first kappa shape index (κ1) is 42.5. The van der Waals surface area contributed by atoms with E-state index >= 15 is 0 Å². The molecule has 0 unspecified atom stereocenters. The van der Waals surface area contributed by atoms with Crippen LogP contribution in [0.5, 0.6) is 5.75 Å². The number of methoxy groups -OCH3 is 1. The lowest BCUT2D eigenvalue weighted by molar-refractivity contribution is -0.143. The van der Waals surface area contributed by atoms with Crippen LogP contribution in [0.4, 0.5) is 48.7 Å². The van der Waals surface area contributed by atoms with E-state index in [1.807, 2.05) is 0 Å². The predicted molar refractivity (Wildman–Crippen MR) is 163 cm³/mol. The maximum atomic E-state index is 14.8. The molecule has 3 aromatic rings. The van der Waals surface area contributed by atoms with Gasteiger partial charge in [0.15, 0.2) is 0 Å². The summed E-state index contributed by atoms with van der Waals surface area (Å²) in [7, 11) is -3.81. The van der Waals surface area contributed by atoms with Crippen LogP contribution in [0.3, 0.4) is 0 Å². The summed E-state index contributed by atoms with van der Waals surface area (Å²) in [5.74, 6) is -1.10. The molecule has 0 fully saturated rings. The molecular formula is C32H32F10NO8P. The van der Waals surface area contributed by atoms with Crippen molar-refractivity contribution in [2.45, 2.75) is 63.9 Å². The molecule has 0 aliphatic heterocycles. The van der Waals surface area contributed by atoms with Crippen molar-refractivity contribution in [1.29, 1.82) is 0 Å². The van der Waals surface area contributed by atoms with Gasteiger partial charge in [0, 0.05) is 24.2 Å². The molecule has 3 aromatic carbocycles. The van der Waals surface area contributed by atoms with Gasteiger partial charge in [0.05, 0.1) is 30.4 Å². The SMILES string of the molecule is COc1cc(F)c(C(C)C)cc1-c1ccc(C(F)(F)F)cc1CN[C@@H](C)[C@H](OC(=O)OCCOP(=O)(O)O)c1cc(C(F)(F)F)cc(C(F)(F)F)c1. The third-order valence-electron chi connectivity index (χ3n) is 7.46. The van der Waals surface area contributed by atoms with Crippen LogP contribution >= 0.6 is 7.82 Å². The zero-order chi connectivity index (χ0) is 39.4. The molecule has 0 aromatic heterocycles. The quantitative estimate of drug-likeness (QED) is 0.0675. The zero-order valence-corrected chi connectivity index (χ0v) is 28.4. The second kappa shape index (κ2) is 16.4. The molecule has 52 heavy (non-hydrogen) atoms. The molecule has 0 saturated carbocycles. The van der Waals surface area contributed by atoms with Gasteiger partial charge < -0.3 is 29.3 Å². The number of alkyl halides is 9. The number of nitrogens with one attached hydrogen (secondary N) is 1. The van der Waals surface area contributed by atoms with Crippen molar-refractivity contribution in [2.24, 2.45) is 0 Å². The predicted octanol–water partition coefficient (Wildman–Crippen LogP) is 9.16. The Morgan fingerprint density at radius 3 is 1.88 bits per heavy atom. The van der Waals surface area contributed by atoms with Gasteiger partial charge in [-0.25, -0.2) is 13.8 Å². The topological polar surface area (TPSA) is 124 Å². The fourth-order valence-corrected chi connectivity index (χ4v) is 5.28. The van der Waals surface area contributed by atoms with Gasteiger partial charge in [0.1, 0.15) is 24.3 Å². The summed E-state index contributed by atoms with van der Waals surface area (Å²) in [6.45, 7) is 2.14. The summed E-state index contributed by atoms with van der Waals surface area (Å²) in [5.41, 5.74) is -5.22. The van der Waals surface area contributed by atoms with Crippen molar-refractivity contribution in [3.63, 3.8) is 0 Å². The van der Waals surface area contributed by atoms with E-state index in [2.05, 4.69) is 14.6 Å². The number of rotatable bonds is 13. The summed E-state index contributed by atoms with van der Waals surface area (Å²) >= 11 is 0. The van der Waals surface area contributed by atoms with E-state index in [1.54, 1.807) is 13.8 Å². The normalized spacial score (nSPS) is 13.9. The largest absolute Gasteiger partial charge is 0.509 e. The molecule has 0 heterocycles. The van der Waals surface area contributed by atoms with E-state index in [-0.39, 0.29) is 52.1 Å². The zero-order valence-electron chi connectivity index (χ0n) is 27.5. The Hall–Kier alpha value is -3.90. The summed E-state index contributed by atoms with van der Waals surface area (Å²) < 4.78 is 169. The first-order valence-corrected chi connectivity index (χ1v) is 16.5. The Kier molecular flexibility index (Phi) is 13.4. The Bertz CT molecular complexity index is 1740. The number of ether oxygens (including phenoxy) is 3. The van der Waals surface area contributed by atoms with Gasteiger partial charge in [0.2, 0.25) is 0 Å². The van der Waals surface area contributed by atoms with Crippen LogP contribution in [-0.2, 0) is 43.6 Å². The minimum absolute atomic E-state index is 0.0636. The van der Waals surface area contributed by atoms with Crippen LogP contribution < -0.4 is 10.1 Å². The Morgan fingerprint density at radius 2 is 1.38 bits per heavy atom. The van der Waals surface area contributed by atoms with E-state index in [1.165, 1.54) is 13.2 Å². The lowest BCUT2D eigenvalue weighted by atomic mass is 9.92. The fraction of sp³-hybridized carbons (Fsp3) is 0.406. The Labute approximate surface area is 290 Å². The molecule has 0 aliphatic rings. The van der Waals surface area contributed by atoms with Gasteiger partial charge in [-0.2, -0.15) is 39.5 Å². The van der Waals surface area contributed by atoms with E-state index in [0.717, 1.165) is 31.2 Å². The average Bonchev–Trinajstić information content (AvgIpc) is 3.02. The number of carbonyl (C=O) groups excluding carboxylic acids is 1. The summed E-state index contributed by atoms with van der Waals surface area (Å²) in [5, 5.41) is 2.68. The number of benzene rings is 3. The van der Waals surface area contributed by atoms with E-state index < -0.39 is 92.5 Å². The second-order valence-electron chi connectivity index (χ2n) is 11.6. The number of halogens is 10. The van der Waals surface area contributed by atoms with Crippen molar-refractivity contribution in [2.75, 3.05) is 20.3 Å². The van der Waals surface area contributed by atoms with Crippen LogP contribution in [-0.4, -0.2) is 42.3 Å².